The number of carbonyl (C=O) groups is 1. The van der Waals surface area contributed by atoms with Crippen molar-refractivity contribution in [3.8, 4) is 0 Å². The molecule has 0 saturated carbocycles. The molecule has 0 saturated heterocycles. The van der Waals surface area contributed by atoms with E-state index in [-0.39, 0.29) is 12.0 Å². The van der Waals surface area contributed by atoms with Crippen LogP contribution < -0.4 is 5.32 Å². The zero-order valence-electron chi connectivity index (χ0n) is 12.5. The molecule has 1 N–H and O–H groups in total. The van der Waals surface area contributed by atoms with Crippen molar-refractivity contribution in [2.24, 2.45) is 0 Å². The molecule has 0 fully saturated rings. The molecule has 0 spiro atoms. The van der Waals surface area contributed by atoms with Crippen LogP contribution in [0.15, 0.2) is 22.8 Å². The van der Waals surface area contributed by atoms with Crippen LogP contribution in [-0.4, -0.2) is 23.0 Å². The van der Waals surface area contributed by atoms with Crippen LogP contribution in [0.5, 0.6) is 0 Å². The van der Waals surface area contributed by atoms with E-state index in [4.69, 9.17) is 9.15 Å². The van der Waals surface area contributed by atoms with Crippen molar-refractivity contribution < 1.29 is 13.9 Å². The first-order chi connectivity index (χ1) is 10.1. The van der Waals surface area contributed by atoms with Crippen molar-refractivity contribution >= 4 is 22.5 Å². The number of aryl methyl sites for hydroxylation is 2. The second-order valence-electron chi connectivity index (χ2n) is 4.86. The SMILES string of the molecule is CCOC(=O)c1c(C)nsc1NC(C)CCc1ccco1. The van der Waals surface area contributed by atoms with Gasteiger partial charge < -0.3 is 14.5 Å². The van der Waals surface area contributed by atoms with E-state index in [1.165, 1.54) is 11.5 Å². The Hall–Kier alpha value is -1.82. The summed E-state index contributed by atoms with van der Waals surface area (Å²) in [6.07, 6.45) is 3.44. The van der Waals surface area contributed by atoms with Gasteiger partial charge in [0.05, 0.1) is 18.6 Å². The summed E-state index contributed by atoms with van der Waals surface area (Å²) in [7, 11) is 0. The number of hydrogen-bond acceptors (Lipinski definition) is 6. The minimum atomic E-state index is -0.315. The lowest BCUT2D eigenvalue weighted by molar-refractivity contribution is 0.0527. The summed E-state index contributed by atoms with van der Waals surface area (Å²) >= 11 is 1.30. The van der Waals surface area contributed by atoms with Gasteiger partial charge in [0.25, 0.3) is 0 Å². The number of rotatable bonds is 7. The molecule has 0 bridgehead atoms. The Morgan fingerprint density at radius 3 is 3.05 bits per heavy atom. The molecule has 2 rings (SSSR count). The molecule has 2 heterocycles. The lowest BCUT2D eigenvalue weighted by Crippen LogP contribution is -2.17. The number of ether oxygens (including phenoxy) is 1. The van der Waals surface area contributed by atoms with Crippen molar-refractivity contribution in [2.45, 2.75) is 39.7 Å². The van der Waals surface area contributed by atoms with Gasteiger partial charge in [-0.3, -0.25) is 0 Å². The van der Waals surface area contributed by atoms with Crippen LogP contribution in [0.25, 0.3) is 0 Å². The second kappa shape index (κ2) is 7.26. The maximum Gasteiger partial charge on any atom is 0.343 e. The van der Waals surface area contributed by atoms with E-state index in [9.17, 15) is 4.79 Å². The van der Waals surface area contributed by atoms with Crippen LogP contribution in [-0.2, 0) is 11.2 Å². The fourth-order valence-corrected chi connectivity index (χ4v) is 2.92. The van der Waals surface area contributed by atoms with Crippen molar-refractivity contribution in [3.63, 3.8) is 0 Å². The number of nitrogens with one attached hydrogen (secondary N) is 1. The first-order valence-electron chi connectivity index (χ1n) is 7.04. The maximum atomic E-state index is 12.0. The molecule has 6 heteroatoms. The first-order valence-corrected chi connectivity index (χ1v) is 7.81. The van der Waals surface area contributed by atoms with E-state index < -0.39 is 0 Å². The van der Waals surface area contributed by atoms with Crippen LogP contribution in [0.2, 0.25) is 0 Å². The molecule has 0 aromatic carbocycles. The molecule has 2 aromatic rings. The summed E-state index contributed by atoms with van der Waals surface area (Å²) in [5.74, 6) is 0.652. The molecule has 1 unspecified atom stereocenters. The van der Waals surface area contributed by atoms with Crippen molar-refractivity contribution in [1.29, 1.82) is 0 Å². The number of furan rings is 1. The monoisotopic (exact) mass is 308 g/mol. The van der Waals surface area contributed by atoms with Gasteiger partial charge in [0.15, 0.2) is 0 Å². The molecule has 2 aromatic heterocycles. The van der Waals surface area contributed by atoms with Crippen LogP contribution in [0, 0.1) is 6.92 Å². The van der Waals surface area contributed by atoms with E-state index >= 15 is 0 Å². The molecule has 114 valence electrons. The molecule has 0 radical (unpaired) electrons. The molecule has 0 amide bonds. The zero-order valence-corrected chi connectivity index (χ0v) is 13.3. The predicted octanol–water partition coefficient (Wildman–Crippen LogP) is 3.65. The Bertz CT molecular complexity index is 578. The van der Waals surface area contributed by atoms with Crippen LogP contribution >= 0.6 is 11.5 Å². The number of esters is 1. The van der Waals surface area contributed by atoms with Gasteiger partial charge in [0.1, 0.15) is 16.3 Å². The van der Waals surface area contributed by atoms with Crippen molar-refractivity contribution in [1.82, 2.24) is 4.37 Å². The molecular weight excluding hydrogens is 288 g/mol. The van der Waals surface area contributed by atoms with Crippen LogP contribution in [0.3, 0.4) is 0 Å². The zero-order chi connectivity index (χ0) is 15.2. The summed E-state index contributed by atoms with van der Waals surface area (Å²) in [5, 5.41) is 4.12. The first kappa shape index (κ1) is 15.6. The standard InChI is InChI=1S/C15H20N2O3S/c1-4-19-15(18)13-11(3)17-21-14(13)16-10(2)7-8-12-6-5-9-20-12/h5-6,9-10,16H,4,7-8H2,1-3H3. The average Bonchev–Trinajstić information content (AvgIpc) is 3.07. The lowest BCUT2D eigenvalue weighted by Gasteiger charge is -2.14. The van der Waals surface area contributed by atoms with Gasteiger partial charge in [0, 0.05) is 12.5 Å². The van der Waals surface area contributed by atoms with Gasteiger partial charge in [-0.1, -0.05) is 0 Å². The third-order valence-electron chi connectivity index (χ3n) is 3.12. The predicted molar refractivity (Wildman–Crippen MR) is 82.9 cm³/mol. The average molecular weight is 308 g/mol. The number of hydrogen-bond donors (Lipinski definition) is 1. The van der Waals surface area contributed by atoms with Gasteiger partial charge in [-0.15, -0.1) is 0 Å². The number of carbonyl (C=O) groups excluding carboxylic acids is 1. The molecule has 0 aliphatic carbocycles. The largest absolute Gasteiger partial charge is 0.469 e. The van der Waals surface area contributed by atoms with E-state index in [0.29, 0.717) is 17.9 Å². The summed E-state index contributed by atoms with van der Waals surface area (Å²) in [6, 6.07) is 4.06. The highest BCUT2D eigenvalue weighted by Crippen LogP contribution is 2.26. The number of anilines is 1. The number of nitrogens with zero attached hydrogens (tertiary/aromatic N) is 1. The molecule has 21 heavy (non-hydrogen) atoms. The Morgan fingerprint density at radius 1 is 1.57 bits per heavy atom. The third kappa shape index (κ3) is 4.07. The van der Waals surface area contributed by atoms with Crippen LogP contribution in [0.1, 0.15) is 42.1 Å². The highest BCUT2D eigenvalue weighted by atomic mass is 32.1. The smallest absolute Gasteiger partial charge is 0.343 e. The Labute approximate surface area is 128 Å². The molecule has 0 aliphatic heterocycles. The van der Waals surface area contributed by atoms with Crippen molar-refractivity contribution in [3.05, 3.63) is 35.4 Å². The molecule has 0 aliphatic rings. The van der Waals surface area contributed by atoms with Gasteiger partial charge >= 0.3 is 5.97 Å². The third-order valence-corrected chi connectivity index (χ3v) is 3.99. The Kier molecular flexibility index (Phi) is 5.38. The van der Waals surface area contributed by atoms with Crippen LogP contribution in [0.4, 0.5) is 5.00 Å². The van der Waals surface area contributed by atoms with Gasteiger partial charge in [-0.05, 0) is 50.9 Å². The fraction of sp³-hybridized carbons (Fsp3) is 0.467. The Morgan fingerprint density at radius 2 is 2.38 bits per heavy atom. The fourth-order valence-electron chi connectivity index (χ4n) is 2.02. The van der Waals surface area contributed by atoms with E-state index in [0.717, 1.165) is 23.6 Å². The quantitative estimate of drug-likeness (QED) is 0.791. The summed E-state index contributed by atoms with van der Waals surface area (Å²) in [6.45, 7) is 6.06. The summed E-state index contributed by atoms with van der Waals surface area (Å²) in [4.78, 5) is 12.0. The maximum absolute atomic E-state index is 12.0. The highest BCUT2D eigenvalue weighted by molar-refractivity contribution is 7.10. The minimum absolute atomic E-state index is 0.211. The van der Waals surface area contributed by atoms with E-state index in [2.05, 4.69) is 16.6 Å². The van der Waals surface area contributed by atoms with E-state index in [1.807, 2.05) is 19.1 Å². The summed E-state index contributed by atoms with van der Waals surface area (Å²) < 4.78 is 14.6. The topological polar surface area (TPSA) is 64.4 Å². The van der Waals surface area contributed by atoms with Gasteiger partial charge in [0.2, 0.25) is 0 Å². The second-order valence-corrected chi connectivity index (χ2v) is 5.63. The minimum Gasteiger partial charge on any atom is -0.469 e. The number of aromatic nitrogens is 1. The molecule has 5 nitrogen and oxygen atoms in total. The van der Waals surface area contributed by atoms with E-state index in [1.54, 1.807) is 13.2 Å². The highest BCUT2D eigenvalue weighted by Gasteiger charge is 2.20. The lowest BCUT2D eigenvalue weighted by atomic mass is 10.1. The molecule has 1 atom stereocenters. The molecular formula is C15H20N2O3S. The van der Waals surface area contributed by atoms with Gasteiger partial charge in [-0.2, -0.15) is 4.37 Å². The van der Waals surface area contributed by atoms with Gasteiger partial charge in [-0.25, -0.2) is 4.79 Å². The normalized spacial score (nSPS) is 12.1. The van der Waals surface area contributed by atoms with Crippen molar-refractivity contribution in [2.75, 3.05) is 11.9 Å². The summed E-state index contributed by atoms with van der Waals surface area (Å²) in [5.41, 5.74) is 1.26. The Balaban J connectivity index is 1.97.